The number of hydrogen-bond donors (Lipinski definition) is 2. The van der Waals surface area contributed by atoms with E-state index >= 15 is 0 Å². The summed E-state index contributed by atoms with van der Waals surface area (Å²) in [5.74, 6) is 6.50. The van der Waals surface area contributed by atoms with Crippen LogP contribution in [0.1, 0.15) is 25.3 Å². The molecule has 124 valence electrons. The summed E-state index contributed by atoms with van der Waals surface area (Å²) in [6.07, 6.45) is 1.67. The van der Waals surface area contributed by atoms with Gasteiger partial charge in [-0.25, -0.2) is 10.6 Å². The number of ether oxygens (including phenoxy) is 1. The Balaban J connectivity index is 2.42. The topological polar surface area (TPSA) is 91.3 Å². The minimum Gasteiger partial charge on any atom is -0.497 e. The predicted octanol–water partition coefficient (Wildman–Crippen LogP) is 1.15. The maximum atomic E-state index is 12.6. The molecule has 0 radical (unpaired) electrons. The lowest BCUT2D eigenvalue weighted by Gasteiger charge is -2.15. The Morgan fingerprint density at radius 3 is 2.43 bits per heavy atom. The number of rotatable bonds is 7. The molecular formula is C16H22N4O3. The minimum absolute atomic E-state index is 0.295. The van der Waals surface area contributed by atoms with Crippen molar-refractivity contribution in [2.75, 3.05) is 12.5 Å². The highest BCUT2D eigenvalue weighted by Gasteiger charge is 2.11. The van der Waals surface area contributed by atoms with Crippen LogP contribution in [0.25, 0.3) is 0 Å². The maximum absolute atomic E-state index is 12.6. The second-order valence-corrected chi connectivity index (χ2v) is 5.23. The summed E-state index contributed by atoms with van der Waals surface area (Å²) in [6.45, 7) is 2.73. The molecule has 0 bridgehead atoms. The van der Waals surface area contributed by atoms with Crippen LogP contribution in [0, 0.1) is 0 Å². The Kier molecular flexibility index (Phi) is 5.59. The normalized spacial score (nSPS) is 10.6. The van der Waals surface area contributed by atoms with Crippen molar-refractivity contribution in [1.29, 1.82) is 0 Å². The Morgan fingerprint density at radius 1 is 1.17 bits per heavy atom. The predicted molar refractivity (Wildman–Crippen MR) is 89.8 cm³/mol. The zero-order valence-electron chi connectivity index (χ0n) is 13.4. The van der Waals surface area contributed by atoms with E-state index in [0.717, 1.165) is 24.2 Å². The molecule has 7 nitrogen and oxygen atoms in total. The standard InChI is InChI=1S/C16H22N4O3/c1-3-4-9-19-15(21)10-14(18-17)20(16(19)22)11-12-5-7-13(23-2)8-6-12/h5-8,10,18H,3-4,9,11,17H2,1-2H3. The Hall–Kier alpha value is -2.54. The zero-order valence-corrected chi connectivity index (χ0v) is 13.4. The molecule has 0 spiro atoms. The number of nitrogens with two attached hydrogens (primary N) is 1. The van der Waals surface area contributed by atoms with Gasteiger partial charge in [-0.05, 0) is 24.1 Å². The number of methoxy groups -OCH3 is 1. The molecule has 2 aromatic rings. The number of anilines is 1. The third kappa shape index (κ3) is 3.81. The molecule has 0 saturated carbocycles. The summed E-state index contributed by atoms with van der Waals surface area (Å²) in [5.41, 5.74) is 2.62. The van der Waals surface area contributed by atoms with Crippen molar-refractivity contribution < 1.29 is 4.74 Å². The van der Waals surface area contributed by atoms with Crippen LogP contribution in [-0.4, -0.2) is 16.2 Å². The number of hydrazine groups is 1. The van der Waals surface area contributed by atoms with Gasteiger partial charge in [0.25, 0.3) is 5.56 Å². The summed E-state index contributed by atoms with van der Waals surface area (Å²) < 4.78 is 7.82. The first-order valence-corrected chi connectivity index (χ1v) is 7.55. The van der Waals surface area contributed by atoms with E-state index in [-0.39, 0.29) is 11.2 Å². The van der Waals surface area contributed by atoms with Gasteiger partial charge in [0, 0.05) is 12.6 Å². The molecule has 0 atom stereocenters. The van der Waals surface area contributed by atoms with E-state index in [1.54, 1.807) is 7.11 Å². The molecule has 0 saturated heterocycles. The second-order valence-electron chi connectivity index (χ2n) is 5.23. The van der Waals surface area contributed by atoms with Gasteiger partial charge in [-0.3, -0.25) is 13.9 Å². The second kappa shape index (κ2) is 7.64. The molecule has 1 heterocycles. The molecule has 0 aliphatic heterocycles. The van der Waals surface area contributed by atoms with Crippen LogP contribution in [0.15, 0.2) is 39.9 Å². The Bertz CT molecular complexity index is 762. The molecule has 0 amide bonds. The van der Waals surface area contributed by atoms with Gasteiger partial charge >= 0.3 is 5.69 Å². The summed E-state index contributed by atoms with van der Waals surface area (Å²) in [5, 5.41) is 0. The lowest BCUT2D eigenvalue weighted by molar-refractivity contribution is 0.414. The molecule has 0 unspecified atom stereocenters. The highest BCUT2D eigenvalue weighted by Crippen LogP contribution is 2.13. The summed E-state index contributed by atoms with van der Waals surface area (Å²) in [6, 6.07) is 8.73. The molecule has 2 rings (SSSR count). The summed E-state index contributed by atoms with van der Waals surface area (Å²) in [7, 11) is 1.60. The van der Waals surface area contributed by atoms with Crippen LogP contribution in [0.5, 0.6) is 5.75 Å². The quantitative estimate of drug-likeness (QED) is 0.590. The van der Waals surface area contributed by atoms with Crippen molar-refractivity contribution in [2.24, 2.45) is 5.84 Å². The first kappa shape index (κ1) is 16.8. The van der Waals surface area contributed by atoms with Crippen LogP contribution >= 0.6 is 0 Å². The Morgan fingerprint density at radius 2 is 1.87 bits per heavy atom. The van der Waals surface area contributed by atoms with E-state index in [4.69, 9.17) is 10.6 Å². The van der Waals surface area contributed by atoms with E-state index in [2.05, 4.69) is 5.43 Å². The van der Waals surface area contributed by atoms with Gasteiger partial charge in [-0.1, -0.05) is 25.5 Å². The molecule has 0 aliphatic rings. The average Bonchev–Trinajstić information content (AvgIpc) is 2.57. The average molecular weight is 318 g/mol. The summed E-state index contributed by atoms with van der Waals surface area (Å²) >= 11 is 0. The number of aromatic nitrogens is 2. The lowest BCUT2D eigenvalue weighted by Crippen LogP contribution is -2.41. The largest absolute Gasteiger partial charge is 0.497 e. The molecule has 1 aromatic heterocycles. The molecule has 1 aromatic carbocycles. The maximum Gasteiger partial charge on any atom is 0.332 e. The van der Waals surface area contributed by atoms with E-state index in [1.165, 1.54) is 15.2 Å². The van der Waals surface area contributed by atoms with E-state index in [9.17, 15) is 9.59 Å². The smallest absolute Gasteiger partial charge is 0.332 e. The number of unbranched alkanes of at least 4 members (excludes halogenated alkanes) is 1. The summed E-state index contributed by atoms with van der Waals surface area (Å²) in [4.78, 5) is 24.7. The highest BCUT2D eigenvalue weighted by molar-refractivity contribution is 5.34. The zero-order chi connectivity index (χ0) is 16.8. The van der Waals surface area contributed by atoms with Crippen molar-refractivity contribution in [3.63, 3.8) is 0 Å². The minimum atomic E-state index is -0.366. The highest BCUT2D eigenvalue weighted by atomic mass is 16.5. The van der Waals surface area contributed by atoms with Gasteiger partial charge in [0.1, 0.15) is 11.6 Å². The van der Waals surface area contributed by atoms with Crippen molar-refractivity contribution in [2.45, 2.75) is 32.9 Å². The van der Waals surface area contributed by atoms with Crippen LogP contribution < -0.4 is 27.3 Å². The SMILES string of the molecule is CCCCn1c(=O)cc(NN)n(Cc2ccc(OC)cc2)c1=O. The first-order chi connectivity index (χ1) is 11.1. The van der Waals surface area contributed by atoms with E-state index in [0.29, 0.717) is 18.9 Å². The van der Waals surface area contributed by atoms with Gasteiger partial charge < -0.3 is 10.2 Å². The van der Waals surface area contributed by atoms with Crippen molar-refractivity contribution in [3.8, 4) is 5.75 Å². The number of nitrogens with zero attached hydrogens (tertiary/aromatic N) is 2. The molecule has 3 N–H and O–H groups in total. The third-order valence-electron chi connectivity index (χ3n) is 3.66. The first-order valence-electron chi connectivity index (χ1n) is 7.55. The molecule has 7 heteroatoms. The van der Waals surface area contributed by atoms with Gasteiger partial charge in [0.15, 0.2) is 0 Å². The number of benzene rings is 1. The lowest BCUT2D eigenvalue weighted by atomic mass is 10.2. The molecule has 0 aliphatic carbocycles. The fourth-order valence-corrected chi connectivity index (χ4v) is 2.32. The van der Waals surface area contributed by atoms with Crippen LogP contribution in [-0.2, 0) is 13.1 Å². The van der Waals surface area contributed by atoms with Crippen LogP contribution in [0.3, 0.4) is 0 Å². The molecule has 0 fully saturated rings. The van der Waals surface area contributed by atoms with E-state index < -0.39 is 0 Å². The monoisotopic (exact) mass is 318 g/mol. The van der Waals surface area contributed by atoms with E-state index in [1.807, 2.05) is 31.2 Å². The van der Waals surface area contributed by atoms with Gasteiger partial charge in [0.2, 0.25) is 0 Å². The third-order valence-corrected chi connectivity index (χ3v) is 3.66. The fraction of sp³-hybridized carbons (Fsp3) is 0.375. The Labute approximate surface area is 134 Å². The van der Waals surface area contributed by atoms with Crippen LogP contribution in [0.2, 0.25) is 0 Å². The van der Waals surface area contributed by atoms with Crippen molar-refractivity contribution in [3.05, 3.63) is 56.7 Å². The number of nitrogens with one attached hydrogen (secondary N) is 1. The van der Waals surface area contributed by atoms with Crippen LogP contribution in [0.4, 0.5) is 5.82 Å². The molecular weight excluding hydrogens is 296 g/mol. The number of hydrogen-bond acceptors (Lipinski definition) is 5. The van der Waals surface area contributed by atoms with Crippen molar-refractivity contribution >= 4 is 5.82 Å². The fourth-order valence-electron chi connectivity index (χ4n) is 2.32. The van der Waals surface area contributed by atoms with Gasteiger partial charge in [-0.2, -0.15) is 0 Å². The van der Waals surface area contributed by atoms with Gasteiger partial charge in [0.05, 0.1) is 13.7 Å². The van der Waals surface area contributed by atoms with Crippen molar-refractivity contribution in [1.82, 2.24) is 9.13 Å². The number of nitrogen functional groups attached to an aromatic ring is 1. The van der Waals surface area contributed by atoms with Gasteiger partial charge in [-0.15, -0.1) is 0 Å². The molecule has 23 heavy (non-hydrogen) atoms.